The Labute approximate surface area is 386 Å². The Morgan fingerprint density at radius 1 is 0.712 bits per heavy atom. The first kappa shape index (κ1) is 50.5. The second kappa shape index (κ2) is 17.8. The summed E-state index contributed by atoms with van der Waals surface area (Å²) in [5, 5.41) is 95.1. The molecule has 4 saturated carbocycles. The van der Waals surface area contributed by atoms with Gasteiger partial charge in [0.1, 0.15) is 61.0 Å². The molecule has 0 aromatic heterocycles. The number of rotatable bonds is 8. The molecule has 376 valence electrons. The maximum absolute atomic E-state index is 14.7. The summed E-state index contributed by atoms with van der Waals surface area (Å²) in [4.78, 5) is 27.8. The summed E-state index contributed by atoms with van der Waals surface area (Å²) in [6.07, 6.45) is -12.7. The van der Waals surface area contributed by atoms with Gasteiger partial charge >= 0.3 is 11.9 Å². The van der Waals surface area contributed by atoms with Gasteiger partial charge in [0, 0.05) is 0 Å². The van der Waals surface area contributed by atoms with Crippen LogP contribution in [0.4, 0.5) is 0 Å². The molecule has 9 N–H and O–H groups in total. The molecule has 7 fully saturated rings. The van der Waals surface area contributed by atoms with Crippen LogP contribution in [0.3, 0.4) is 0 Å². The van der Waals surface area contributed by atoms with Crippen molar-refractivity contribution in [3.8, 4) is 0 Å². The molecule has 0 amide bonds. The smallest absolute Gasteiger partial charge is 0.337 e. The largest absolute Gasteiger partial charge is 0.467 e. The molecule has 3 aliphatic heterocycles. The van der Waals surface area contributed by atoms with Gasteiger partial charge < -0.3 is 79.1 Å². The van der Waals surface area contributed by atoms with E-state index >= 15 is 0 Å². The minimum Gasteiger partial charge on any atom is -0.467 e. The summed E-state index contributed by atoms with van der Waals surface area (Å²) in [6.45, 7) is 15.0. The van der Waals surface area contributed by atoms with Gasteiger partial charge in [0.05, 0.1) is 31.8 Å². The number of esters is 2. The molecule has 0 aromatic rings. The highest BCUT2D eigenvalue weighted by atomic mass is 16.7. The van der Waals surface area contributed by atoms with Gasteiger partial charge in [-0.2, -0.15) is 0 Å². The second-order valence-electron chi connectivity index (χ2n) is 23.2. The van der Waals surface area contributed by atoms with Crippen molar-refractivity contribution < 1.29 is 88.7 Å². The molecular weight excluding hydrogens is 865 g/mol. The van der Waals surface area contributed by atoms with E-state index < -0.39 is 121 Å². The van der Waals surface area contributed by atoms with Gasteiger partial charge in [-0.05, 0) is 109 Å². The first-order valence-electron chi connectivity index (χ1n) is 24.1. The molecule has 0 bridgehead atoms. The zero-order valence-corrected chi connectivity index (χ0v) is 39.7. The van der Waals surface area contributed by atoms with E-state index in [9.17, 15) is 55.5 Å². The van der Waals surface area contributed by atoms with Gasteiger partial charge in [-0.25, -0.2) is 4.79 Å². The summed E-state index contributed by atoms with van der Waals surface area (Å²) in [5.41, 5.74) is -0.703. The van der Waals surface area contributed by atoms with E-state index in [0.29, 0.717) is 19.3 Å². The number of carbonyl (C=O) groups is 2. The molecule has 0 spiro atoms. The van der Waals surface area contributed by atoms with Crippen molar-refractivity contribution in [3.05, 3.63) is 11.6 Å². The molecule has 3 heterocycles. The van der Waals surface area contributed by atoms with E-state index in [-0.39, 0.29) is 46.0 Å². The van der Waals surface area contributed by atoms with Crippen molar-refractivity contribution >= 4 is 11.9 Å². The number of allylic oxidation sites excluding steroid dienone is 2. The molecule has 18 heteroatoms. The SMILES string of the molecule is COC(=O)C1OC(OC2CC[C@]3(C)C(CC[C@@]4(C)[C@@H]3CC=C3[C@@H]5CC(C)(C)CC[C@]5(C(=O)OC5OC(CO)C(O)C(O)C5O)CC[C@]34C)C2(C)C)C(O)C(O)C1O[C@H]1OCC(O)C(O)C1O. The van der Waals surface area contributed by atoms with Crippen molar-refractivity contribution in [1.82, 2.24) is 0 Å². The van der Waals surface area contributed by atoms with Gasteiger partial charge in [-0.1, -0.05) is 60.1 Å². The Balaban J connectivity index is 1.02. The number of fused-ring (bicyclic) bond motifs is 7. The molecule has 18 nitrogen and oxygen atoms in total. The zero-order chi connectivity index (χ0) is 48.3. The Bertz CT molecular complexity index is 1840. The fourth-order valence-electron chi connectivity index (χ4n) is 14.8. The highest BCUT2D eigenvalue weighted by molar-refractivity contribution is 5.79. The summed E-state index contributed by atoms with van der Waals surface area (Å²) >= 11 is 0. The first-order valence-corrected chi connectivity index (χ1v) is 24.1. The Hall–Kier alpha value is -1.88. The molecule has 8 aliphatic rings. The van der Waals surface area contributed by atoms with Crippen LogP contribution in [0.5, 0.6) is 0 Å². The number of hydrogen-bond donors (Lipinski definition) is 9. The predicted octanol–water partition coefficient (Wildman–Crippen LogP) is 0.960. The number of aliphatic hydroxyl groups is 9. The standard InChI is InChI=1S/C48H76O18/c1-43(2)15-17-48(42(59)66-40-34(56)31(53)30(52)25(20-49)62-40)18-16-46(6)22(23(48)19-43)9-10-27-45(5)13-12-28(44(3,4)26(45)11-14-47(27,46)7)63-41-35(57)32(54)36(37(65-41)38(58)60-8)64-39-33(55)29(51)24(50)21-61-39/h9,23-37,39-41,49-57H,10-21H2,1-8H3/t23-,24?,25?,26?,27+,28?,29?,30?,31?,32?,33?,34?,35?,36?,37?,39+,40?,41?,45+,46+,47-,48-/m0/s1. The van der Waals surface area contributed by atoms with Crippen molar-refractivity contribution in [2.24, 2.45) is 50.2 Å². The van der Waals surface area contributed by atoms with Gasteiger partial charge in [-0.15, -0.1) is 0 Å². The molecule has 8 rings (SSSR count). The third-order valence-electron chi connectivity index (χ3n) is 19.1. The highest BCUT2D eigenvalue weighted by Gasteiger charge is 2.70. The van der Waals surface area contributed by atoms with Crippen molar-refractivity contribution in [3.63, 3.8) is 0 Å². The van der Waals surface area contributed by atoms with Crippen LogP contribution >= 0.6 is 0 Å². The minimum atomic E-state index is -1.76. The van der Waals surface area contributed by atoms with Crippen LogP contribution in [0.1, 0.15) is 113 Å². The predicted molar refractivity (Wildman–Crippen MR) is 229 cm³/mol. The van der Waals surface area contributed by atoms with Gasteiger partial charge in [0.25, 0.3) is 0 Å². The van der Waals surface area contributed by atoms with Crippen LogP contribution in [0, 0.1) is 50.2 Å². The third kappa shape index (κ3) is 7.83. The van der Waals surface area contributed by atoms with E-state index in [2.05, 4.69) is 54.5 Å². The van der Waals surface area contributed by atoms with E-state index in [4.69, 9.17) is 33.2 Å². The lowest BCUT2D eigenvalue weighted by atomic mass is 9.33. The van der Waals surface area contributed by atoms with Crippen molar-refractivity contribution in [1.29, 1.82) is 0 Å². The summed E-state index contributed by atoms with van der Waals surface area (Å²) in [7, 11) is 1.13. The van der Waals surface area contributed by atoms with E-state index in [1.54, 1.807) is 0 Å². The molecule has 22 atom stereocenters. The van der Waals surface area contributed by atoms with Gasteiger partial charge in [-0.3, -0.25) is 4.79 Å². The van der Waals surface area contributed by atoms with E-state index in [1.165, 1.54) is 5.57 Å². The number of ether oxygens (including phenoxy) is 7. The Morgan fingerprint density at radius 2 is 1.38 bits per heavy atom. The molecule has 66 heavy (non-hydrogen) atoms. The lowest BCUT2D eigenvalue weighted by Gasteiger charge is -2.71. The lowest BCUT2D eigenvalue weighted by molar-refractivity contribution is -0.355. The number of aliphatic hydroxyl groups excluding tert-OH is 9. The molecule has 3 saturated heterocycles. The van der Waals surface area contributed by atoms with E-state index in [0.717, 1.165) is 52.1 Å². The number of hydrogen-bond acceptors (Lipinski definition) is 18. The van der Waals surface area contributed by atoms with Crippen LogP contribution in [0.25, 0.3) is 0 Å². The molecule has 15 unspecified atom stereocenters. The molecule has 0 radical (unpaired) electrons. The van der Waals surface area contributed by atoms with Crippen LogP contribution in [0.2, 0.25) is 0 Å². The maximum atomic E-state index is 14.7. The Kier molecular flexibility index (Phi) is 13.6. The quantitative estimate of drug-likeness (QED) is 0.0931. The van der Waals surface area contributed by atoms with Crippen LogP contribution < -0.4 is 0 Å². The average Bonchev–Trinajstić information content (AvgIpc) is 3.26. The van der Waals surface area contributed by atoms with Crippen molar-refractivity contribution in [2.75, 3.05) is 20.3 Å². The topological polar surface area (TPSA) is 281 Å². The molecular formula is C48H76O18. The third-order valence-corrected chi connectivity index (χ3v) is 19.1. The minimum absolute atomic E-state index is 0.0582. The maximum Gasteiger partial charge on any atom is 0.337 e. The fourth-order valence-corrected chi connectivity index (χ4v) is 14.8. The van der Waals surface area contributed by atoms with Gasteiger partial charge in [0.2, 0.25) is 6.29 Å². The number of methoxy groups -OCH3 is 1. The summed E-state index contributed by atoms with van der Waals surface area (Å²) < 4.78 is 40.5. The zero-order valence-electron chi connectivity index (χ0n) is 39.7. The molecule has 5 aliphatic carbocycles. The highest BCUT2D eigenvalue weighted by Crippen LogP contribution is 2.76. The molecule has 0 aromatic carbocycles. The normalized spacial score (nSPS) is 52.0. The number of carbonyl (C=O) groups excluding carboxylic acids is 2. The van der Waals surface area contributed by atoms with Crippen LogP contribution in [-0.4, -0.2) is 170 Å². The van der Waals surface area contributed by atoms with Gasteiger partial charge in [0.15, 0.2) is 18.7 Å². The lowest BCUT2D eigenvalue weighted by Crippen LogP contribution is -2.67. The van der Waals surface area contributed by atoms with E-state index in [1.807, 2.05) is 0 Å². The van der Waals surface area contributed by atoms with Crippen LogP contribution in [0.15, 0.2) is 11.6 Å². The van der Waals surface area contributed by atoms with Crippen LogP contribution in [-0.2, 0) is 42.7 Å². The fraction of sp³-hybridized carbons (Fsp3) is 0.917. The monoisotopic (exact) mass is 941 g/mol. The Morgan fingerprint density at radius 3 is 2.06 bits per heavy atom. The summed E-state index contributed by atoms with van der Waals surface area (Å²) in [6, 6.07) is 0. The second-order valence-corrected chi connectivity index (χ2v) is 23.2. The average molecular weight is 941 g/mol. The van der Waals surface area contributed by atoms with Crippen molar-refractivity contribution in [2.45, 2.75) is 205 Å². The summed E-state index contributed by atoms with van der Waals surface area (Å²) in [5.74, 6) is -1.13. The first-order chi connectivity index (χ1) is 30.8.